The summed E-state index contributed by atoms with van der Waals surface area (Å²) in [7, 11) is 1.80. The number of benzene rings is 1. The second kappa shape index (κ2) is 8.62. The SMILES string of the molecule is CCOC(=O)C1=C(CN(C)Cc2ccccc2F)NC(=O)NC1CC. The smallest absolute Gasteiger partial charge is 0.337 e. The van der Waals surface area contributed by atoms with Gasteiger partial charge in [-0.1, -0.05) is 25.1 Å². The van der Waals surface area contributed by atoms with Crippen molar-refractivity contribution in [2.45, 2.75) is 32.9 Å². The Morgan fingerprint density at radius 2 is 2.00 bits per heavy atom. The monoisotopic (exact) mass is 349 g/mol. The van der Waals surface area contributed by atoms with E-state index in [0.717, 1.165) is 0 Å². The van der Waals surface area contributed by atoms with Crippen LogP contribution < -0.4 is 10.6 Å². The van der Waals surface area contributed by atoms with Gasteiger partial charge in [-0.15, -0.1) is 0 Å². The number of urea groups is 1. The summed E-state index contributed by atoms with van der Waals surface area (Å²) in [4.78, 5) is 26.0. The first-order valence-corrected chi connectivity index (χ1v) is 8.35. The molecule has 2 N–H and O–H groups in total. The molecule has 25 heavy (non-hydrogen) atoms. The van der Waals surface area contributed by atoms with Crippen molar-refractivity contribution >= 4 is 12.0 Å². The van der Waals surface area contributed by atoms with Gasteiger partial charge in [-0.3, -0.25) is 4.90 Å². The number of carbonyl (C=O) groups is 2. The quantitative estimate of drug-likeness (QED) is 0.740. The average molecular weight is 349 g/mol. The second-order valence-electron chi connectivity index (χ2n) is 5.94. The third kappa shape index (κ3) is 4.79. The lowest BCUT2D eigenvalue weighted by atomic mass is 10.00. The highest BCUT2D eigenvalue weighted by atomic mass is 19.1. The van der Waals surface area contributed by atoms with Gasteiger partial charge < -0.3 is 15.4 Å². The number of likely N-dealkylation sites (N-methyl/N-ethyl adjacent to an activating group) is 1. The lowest BCUT2D eigenvalue weighted by molar-refractivity contribution is -0.139. The number of carbonyl (C=O) groups excluding carboxylic acids is 2. The van der Waals surface area contributed by atoms with Crippen LogP contribution in [0.15, 0.2) is 35.5 Å². The maximum Gasteiger partial charge on any atom is 0.337 e. The van der Waals surface area contributed by atoms with Crippen molar-refractivity contribution in [2.24, 2.45) is 0 Å². The van der Waals surface area contributed by atoms with Crippen molar-refractivity contribution in [1.82, 2.24) is 15.5 Å². The third-order valence-electron chi connectivity index (χ3n) is 3.97. The van der Waals surface area contributed by atoms with Gasteiger partial charge in [-0.05, 0) is 26.5 Å². The van der Waals surface area contributed by atoms with Gasteiger partial charge in [0.15, 0.2) is 0 Å². The highest BCUT2D eigenvalue weighted by Crippen LogP contribution is 2.18. The van der Waals surface area contributed by atoms with E-state index in [2.05, 4.69) is 10.6 Å². The van der Waals surface area contributed by atoms with Gasteiger partial charge in [0.05, 0.1) is 18.2 Å². The number of hydrogen-bond donors (Lipinski definition) is 2. The minimum atomic E-state index is -0.448. The lowest BCUT2D eigenvalue weighted by Gasteiger charge is -2.30. The molecule has 0 aromatic heterocycles. The molecule has 0 saturated carbocycles. The van der Waals surface area contributed by atoms with Crippen LogP contribution in [0.25, 0.3) is 0 Å². The van der Waals surface area contributed by atoms with Crippen molar-refractivity contribution in [3.63, 3.8) is 0 Å². The van der Waals surface area contributed by atoms with Crippen LogP contribution in [0.4, 0.5) is 9.18 Å². The van der Waals surface area contributed by atoms with E-state index in [0.29, 0.717) is 36.3 Å². The third-order valence-corrected chi connectivity index (χ3v) is 3.97. The standard InChI is InChI=1S/C18H24FN3O3/c1-4-14-16(17(23)25-5-2)15(21-18(24)20-14)11-22(3)10-12-8-6-7-9-13(12)19/h6-9,14H,4-5,10-11H2,1-3H3,(H2,20,21,24). The number of hydrogen-bond acceptors (Lipinski definition) is 4. The maximum atomic E-state index is 13.8. The Morgan fingerprint density at radius 1 is 1.28 bits per heavy atom. The normalized spacial score (nSPS) is 17.3. The molecule has 1 aromatic carbocycles. The molecule has 1 unspecified atom stereocenters. The van der Waals surface area contributed by atoms with Crippen molar-refractivity contribution in [3.8, 4) is 0 Å². The molecule has 1 heterocycles. The predicted octanol–water partition coefficient (Wildman–Crippen LogP) is 2.17. The van der Waals surface area contributed by atoms with Crippen LogP contribution in [0.3, 0.4) is 0 Å². The number of amides is 2. The van der Waals surface area contributed by atoms with Crippen molar-refractivity contribution in [1.29, 1.82) is 0 Å². The molecule has 2 rings (SSSR count). The Labute approximate surface area is 147 Å². The lowest BCUT2D eigenvalue weighted by Crippen LogP contribution is -2.51. The molecule has 136 valence electrons. The molecule has 1 aliphatic rings. The summed E-state index contributed by atoms with van der Waals surface area (Å²) in [6.07, 6.45) is 0.572. The van der Waals surface area contributed by atoms with Gasteiger partial charge in [-0.2, -0.15) is 0 Å². The first-order valence-electron chi connectivity index (χ1n) is 8.35. The Bertz CT molecular complexity index is 675. The minimum Gasteiger partial charge on any atom is -0.463 e. The fourth-order valence-corrected chi connectivity index (χ4v) is 2.83. The molecule has 0 bridgehead atoms. The van der Waals surface area contributed by atoms with E-state index in [-0.39, 0.29) is 18.5 Å². The Balaban J connectivity index is 2.23. The van der Waals surface area contributed by atoms with Gasteiger partial charge in [-0.25, -0.2) is 14.0 Å². The van der Waals surface area contributed by atoms with Crippen LogP contribution in [-0.2, 0) is 16.1 Å². The predicted molar refractivity (Wildman–Crippen MR) is 92.1 cm³/mol. The van der Waals surface area contributed by atoms with E-state index in [1.807, 2.05) is 11.8 Å². The molecule has 0 aliphatic carbocycles. The Hall–Kier alpha value is -2.41. The van der Waals surface area contributed by atoms with Gasteiger partial charge in [0.1, 0.15) is 5.82 Å². The zero-order valence-electron chi connectivity index (χ0n) is 14.8. The molecule has 0 spiro atoms. The number of ether oxygens (including phenoxy) is 1. The zero-order valence-corrected chi connectivity index (χ0v) is 14.8. The van der Waals surface area contributed by atoms with Crippen LogP contribution in [0, 0.1) is 5.82 Å². The first-order chi connectivity index (χ1) is 12.0. The van der Waals surface area contributed by atoms with Crippen LogP contribution in [0.5, 0.6) is 0 Å². The number of halogens is 1. The fourth-order valence-electron chi connectivity index (χ4n) is 2.83. The van der Waals surface area contributed by atoms with Gasteiger partial charge in [0, 0.05) is 24.4 Å². The summed E-state index contributed by atoms with van der Waals surface area (Å²) in [5.74, 6) is -0.731. The average Bonchev–Trinajstić information content (AvgIpc) is 2.56. The topological polar surface area (TPSA) is 70.7 Å². The first kappa shape index (κ1) is 18.9. The molecular weight excluding hydrogens is 325 g/mol. The fraction of sp³-hybridized carbons (Fsp3) is 0.444. The molecule has 0 radical (unpaired) electrons. The molecule has 0 fully saturated rings. The van der Waals surface area contributed by atoms with E-state index in [1.54, 1.807) is 32.2 Å². The van der Waals surface area contributed by atoms with Crippen LogP contribution in [0.2, 0.25) is 0 Å². The molecule has 1 atom stereocenters. The summed E-state index contributed by atoms with van der Waals surface area (Å²) < 4.78 is 19.0. The number of nitrogens with one attached hydrogen (secondary N) is 2. The molecular formula is C18H24FN3O3. The van der Waals surface area contributed by atoms with E-state index in [9.17, 15) is 14.0 Å². The summed E-state index contributed by atoms with van der Waals surface area (Å²) in [6.45, 7) is 4.53. The van der Waals surface area contributed by atoms with Crippen molar-refractivity contribution in [3.05, 3.63) is 46.9 Å². The van der Waals surface area contributed by atoms with E-state index < -0.39 is 12.0 Å². The largest absolute Gasteiger partial charge is 0.463 e. The summed E-state index contributed by atoms with van der Waals surface area (Å²) in [5, 5.41) is 5.42. The Morgan fingerprint density at radius 3 is 2.64 bits per heavy atom. The molecule has 0 saturated heterocycles. The summed E-state index contributed by atoms with van der Waals surface area (Å²) in [5.41, 5.74) is 1.47. The van der Waals surface area contributed by atoms with E-state index >= 15 is 0 Å². The number of rotatable bonds is 7. The number of esters is 1. The maximum absolute atomic E-state index is 13.8. The summed E-state index contributed by atoms with van der Waals surface area (Å²) >= 11 is 0. The van der Waals surface area contributed by atoms with Crippen molar-refractivity contribution in [2.75, 3.05) is 20.2 Å². The van der Waals surface area contributed by atoms with Gasteiger partial charge in [0.2, 0.25) is 0 Å². The van der Waals surface area contributed by atoms with Crippen LogP contribution >= 0.6 is 0 Å². The molecule has 7 heteroatoms. The second-order valence-corrected chi connectivity index (χ2v) is 5.94. The van der Waals surface area contributed by atoms with E-state index in [1.165, 1.54) is 6.07 Å². The Kier molecular flexibility index (Phi) is 6.52. The van der Waals surface area contributed by atoms with Gasteiger partial charge >= 0.3 is 12.0 Å². The highest BCUT2D eigenvalue weighted by Gasteiger charge is 2.31. The number of nitrogens with zero attached hydrogens (tertiary/aromatic N) is 1. The molecule has 1 aliphatic heterocycles. The van der Waals surface area contributed by atoms with E-state index in [4.69, 9.17) is 4.74 Å². The van der Waals surface area contributed by atoms with Crippen LogP contribution in [0.1, 0.15) is 25.8 Å². The molecule has 1 aromatic rings. The van der Waals surface area contributed by atoms with Crippen LogP contribution in [-0.4, -0.2) is 43.1 Å². The zero-order chi connectivity index (χ0) is 18.4. The minimum absolute atomic E-state index is 0.255. The van der Waals surface area contributed by atoms with Gasteiger partial charge in [0.25, 0.3) is 0 Å². The molecule has 6 nitrogen and oxygen atoms in total. The highest BCUT2D eigenvalue weighted by molar-refractivity contribution is 5.94. The molecule has 2 amide bonds. The summed E-state index contributed by atoms with van der Waals surface area (Å²) in [6, 6.07) is 5.78. The van der Waals surface area contributed by atoms with Crippen molar-refractivity contribution < 1.29 is 18.7 Å².